The summed E-state index contributed by atoms with van der Waals surface area (Å²) in [7, 11) is 0. The molecule has 0 aliphatic carbocycles. The zero-order valence-electron chi connectivity index (χ0n) is 8.64. The summed E-state index contributed by atoms with van der Waals surface area (Å²) in [5.41, 5.74) is 1.01. The van der Waals surface area contributed by atoms with Gasteiger partial charge in [0.05, 0.1) is 5.56 Å². The molecule has 0 saturated carbocycles. The van der Waals surface area contributed by atoms with Crippen molar-refractivity contribution in [2.24, 2.45) is 0 Å². The minimum Gasteiger partial charge on any atom is -0.282 e. The molecule has 0 spiro atoms. The molecule has 0 saturated heterocycles. The third kappa shape index (κ3) is 1.66. The molecular weight excluding hydrogens is 241 g/mol. The van der Waals surface area contributed by atoms with E-state index >= 15 is 0 Å². The molecule has 0 bridgehead atoms. The van der Waals surface area contributed by atoms with Crippen molar-refractivity contribution in [1.82, 2.24) is 14.6 Å². The van der Waals surface area contributed by atoms with Crippen molar-refractivity contribution in [2.45, 2.75) is 0 Å². The van der Waals surface area contributed by atoms with Crippen molar-refractivity contribution in [1.29, 1.82) is 0 Å². The molecule has 0 amide bonds. The molecule has 0 fully saturated rings. The third-order valence-electron chi connectivity index (χ3n) is 2.49. The largest absolute Gasteiger partial charge is 0.282 e. The van der Waals surface area contributed by atoms with Crippen LogP contribution in [0.15, 0.2) is 42.6 Å². The number of hydrogen-bond donors (Lipinski definition) is 0. The number of rotatable bonds is 1. The molecule has 17 heavy (non-hydrogen) atoms. The van der Waals surface area contributed by atoms with Crippen molar-refractivity contribution in [3.63, 3.8) is 0 Å². The van der Waals surface area contributed by atoms with Crippen LogP contribution in [0, 0.1) is 5.82 Å². The second-order valence-electron chi connectivity index (χ2n) is 3.58. The third-order valence-corrected chi connectivity index (χ3v) is 2.72. The van der Waals surface area contributed by atoms with Gasteiger partial charge in [0.1, 0.15) is 5.82 Å². The molecule has 2 aromatic heterocycles. The molecule has 0 aliphatic heterocycles. The average molecular weight is 248 g/mol. The lowest BCUT2D eigenvalue weighted by Crippen LogP contribution is -1.91. The fourth-order valence-corrected chi connectivity index (χ4v) is 1.85. The molecule has 1 aromatic carbocycles. The van der Waals surface area contributed by atoms with Gasteiger partial charge in [0.15, 0.2) is 11.5 Å². The number of hydrogen-bond acceptors (Lipinski definition) is 2. The van der Waals surface area contributed by atoms with Gasteiger partial charge in [-0.1, -0.05) is 23.7 Å². The van der Waals surface area contributed by atoms with Gasteiger partial charge in [0, 0.05) is 17.3 Å². The summed E-state index contributed by atoms with van der Waals surface area (Å²) >= 11 is 5.85. The summed E-state index contributed by atoms with van der Waals surface area (Å²) in [6.07, 6.45) is 1.72. The molecule has 5 heteroatoms. The maximum absolute atomic E-state index is 13.7. The van der Waals surface area contributed by atoms with Crippen molar-refractivity contribution in [3.8, 4) is 11.4 Å². The Morgan fingerprint density at radius 1 is 1.12 bits per heavy atom. The van der Waals surface area contributed by atoms with Crippen molar-refractivity contribution in [3.05, 3.63) is 53.4 Å². The number of benzene rings is 1. The molecule has 0 N–H and O–H groups in total. The van der Waals surface area contributed by atoms with Crippen LogP contribution >= 0.6 is 11.6 Å². The highest BCUT2D eigenvalue weighted by Gasteiger charge is 2.11. The number of aromatic nitrogens is 3. The van der Waals surface area contributed by atoms with Crippen LogP contribution in [0.3, 0.4) is 0 Å². The number of pyridine rings is 1. The van der Waals surface area contributed by atoms with Gasteiger partial charge >= 0.3 is 0 Å². The van der Waals surface area contributed by atoms with Crippen LogP contribution in [0.2, 0.25) is 5.02 Å². The first kappa shape index (κ1) is 10.2. The minimum absolute atomic E-state index is 0.322. The Bertz CT molecular complexity index is 693. The second kappa shape index (κ2) is 3.82. The average Bonchev–Trinajstić information content (AvgIpc) is 2.72. The van der Waals surface area contributed by atoms with Crippen LogP contribution in [0.4, 0.5) is 4.39 Å². The van der Waals surface area contributed by atoms with Crippen LogP contribution in [0.1, 0.15) is 0 Å². The van der Waals surface area contributed by atoms with E-state index in [0.717, 1.165) is 0 Å². The maximum atomic E-state index is 13.7. The van der Waals surface area contributed by atoms with E-state index in [0.29, 0.717) is 22.1 Å². The van der Waals surface area contributed by atoms with Gasteiger partial charge in [-0.3, -0.25) is 4.40 Å². The minimum atomic E-state index is -0.322. The molecule has 84 valence electrons. The standard InChI is InChI=1S/C12H7ClFN3/c13-8-5-6-17-11(7-8)15-16-12(17)9-3-1-2-4-10(9)14/h1-7H. The normalized spacial score (nSPS) is 10.9. The van der Waals surface area contributed by atoms with Crippen LogP contribution in [0.5, 0.6) is 0 Å². The van der Waals surface area contributed by atoms with Gasteiger partial charge in [-0.05, 0) is 18.2 Å². The molecule has 3 rings (SSSR count). The van der Waals surface area contributed by atoms with Crippen LogP contribution in [-0.2, 0) is 0 Å². The second-order valence-corrected chi connectivity index (χ2v) is 4.01. The lowest BCUT2D eigenvalue weighted by atomic mass is 10.2. The molecule has 0 unspecified atom stereocenters. The van der Waals surface area contributed by atoms with E-state index in [1.165, 1.54) is 6.07 Å². The molecule has 2 heterocycles. The van der Waals surface area contributed by atoms with E-state index in [9.17, 15) is 4.39 Å². The molecule has 0 aliphatic rings. The van der Waals surface area contributed by atoms with Gasteiger partial charge in [-0.2, -0.15) is 0 Å². The smallest absolute Gasteiger partial charge is 0.171 e. The van der Waals surface area contributed by atoms with E-state index in [1.807, 2.05) is 0 Å². The van der Waals surface area contributed by atoms with Crippen LogP contribution < -0.4 is 0 Å². The van der Waals surface area contributed by atoms with Crippen molar-refractivity contribution < 1.29 is 4.39 Å². The molecule has 3 aromatic rings. The molecular formula is C12H7ClFN3. The summed E-state index contributed by atoms with van der Waals surface area (Å²) < 4.78 is 15.4. The Morgan fingerprint density at radius 2 is 1.94 bits per heavy atom. The van der Waals surface area contributed by atoms with Crippen LogP contribution in [0.25, 0.3) is 17.0 Å². The van der Waals surface area contributed by atoms with E-state index in [2.05, 4.69) is 10.2 Å². The lowest BCUT2D eigenvalue weighted by molar-refractivity contribution is 0.629. The Labute approximate surface area is 101 Å². The quantitative estimate of drug-likeness (QED) is 0.661. The Balaban J connectivity index is 2.29. The van der Waals surface area contributed by atoms with E-state index in [1.54, 1.807) is 40.9 Å². The number of halogens is 2. The monoisotopic (exact) mass is 247 g/mol. The van der Waals surface area contributed by atoms with Crippen LogP contribution in [-0.4, -0.2) is 14.6 Å². The van der Waals surface area contributed by atoms with E-state index in [-0.39, 0.29) is 5.82 Å². The predicted molar refractivity (Wildman–Crippen MR) is 63.4 cm³/mol. The number of fused-ring (bicyclic) bond motifs is 1. The van der Waals surface area contributed by atoms with Gasteiger partial charge in [-0.15, -0.1) is 10.2 Å². The lowest BCUT2D eigenvalue weighted by Gasteiger charge is -2.01. The van der Waals surface area contributed by atoms with Crippen molar-refractivity contribution in [2.75, 3.05) is 0 Å². The number of nitrogens with zero attached hydrogens (tertiary/aromatic N) is 3. The topological polar surface area (TPSA) is 30.2 Å². The first-order valence-electron chi connectivity index (χ1n) is 5.01. The van der Waals surface area contributed by atoms with Gasteiger partial charge in [0.2, 0.25) is 0 Å². The highest BCUT2D eigenvalue weighted by molar-refractivity contribution is 6.30. The fraction of sp³-hybridized carbons (Fsp3) is 0. The Kier molecular flexibility index (Phi) is 2.30. The highest BCUT2D eigenvalue weighted by Crippen LogP contribution is 2.22. The first-order chi connectivity index (χ1) is 8.25. The van der Waals surface area contributed by atoms with Crippen molar-refractivity contribution >= 4 is 17.2 Å². The predicted octanol–water partition coefficient (Wildman–Crippen LogP) is 3.19. The first-order valence-corrected chi connectivity index (χ1v) is 5.39. The molecule has 0 atom stereocenters. The fourth-order valence-electron chi connectivity index (χ4n) is 1.69. The van der Waals surface area contributed by atoms with E-state index in [4.69, 9.17) is 11.6 Å². The summed E-state index contributed by atoms with van der Waals surface area (Å²) in [4.78, 5) is 0. The Hall–Kier alpha value is -1.94. The molecule has 0 radical (unpaired) electrons. The maximum Gasteiger partial charge on any atom is 0.171 e. The summed E-state index contributed by atoms with van der Waals surface area (Å²) in [6.45, 7) is 0. The summed E-state index contributed by atoms with van der Waals surface area (Å²) in [5, 5.41) is 8.51. The van der Waals surface area contributed by atoms with E-state index < -0.39 is 0 Å². The zero-order valence-corrected chi connectivity index (χ0v) is 9.39. The zero-order chi connectivity index (χ0) is 11.8. The Morgan fingerprint density at radius 3 is 2.76 bits per heavy atom. The van der Waals surface area contributed by atoms with Gasteiger partial charge in [0.25, 0.3) is 0 Å². The summed E-state index contributed by atoms with van der Waals surface area (Å²) in [5.74, 6) is 0.145. The van der Waals surface area contributed by atoms with Gasteiger partial charge in [-0.25, -0.2) is 4.39 Å². The molecule has 3 nitrogen and oxygen atoms in total. The van der Waals surface area contributed by atoms with Gasteiger partial charge < -0.3 is 0 Å². The SMILES string of the molecule is Fc1ccccc1-c1nnc2cc(Cl)ccn12. The highest BCUT2D eigenvalue weighted by atomic mass is 35.5. The summed E-state index contributed by atoms with van der Waals surface area (Å²) in [6, 6.07) is 9.85.